The standard InChI is InChI=1S/C18H22FN3O5/c19-10-3-5-11(6-4-10)21-17(26)14-15(25)13-2-1-7-20-16(13)22(18(14)27)8-12(24)9-23/h1-2,7,10-12,23-25H,3-6,8-9H2,(H,21,26)/t10-,11+,12?. The molecule has 2 aromatic rings. The van der Waals surface area contributed by atoms with Crippen molar-refractivity contribution in [2.24, 2.45) is 0 Å². The van der Waals surface area contributed by atoms with Crippen LogP contribution in [0.3, 0.4) is 0 Å². The highest BCUT2D eigenvalue weighted by molar-refractivity contribution is 6.01. The van der Waals surface area contributed by atoms with Crippen LogP contribution in [0, 0.1) is 0 Å². The molecule has 0 aliphatic heterocycles. The van der Waals surface area contributed by atoms with Crippen molar-refractivity contribution in [1.82, 2.24) is 14.9 Å². The topological polar surface area (TPSA) is 125 Å². The van der Waals surface area contributed by atoms with Crippen LogP contribution in [0.2, 0.25) is 0 Å². The lowest BCUT2D eigenvalue weighted by Gasteiger charge is -2.25. The molecule has 1 aliphatic rings. The molecule has 0 spiro atoms. The number of halogens is 1. The molecular weight excluding hydrogens is 357 g/mol. The van der Waals surface area contributed by atoms with E-state index < -0.39 is 41.7 Å². The molecule has 146 valence electrons. The summed E-state index contributed by atoms with van der Waals surface area (Å²) in [4.78, 5) is 29.6. The van der Waals surface area contributed by atoms with Crippen molar-refractivity contribution >= 4 is 16.9 Å². The van der Waals surface area contributed by atoms with Gasteiger partial charge < -0.3 is 20.6 Å². The molecule has 0 saturated heterocycles. The van der Waals surface area contributed by atoms with Crippen LogP contribution in [0.4, 0.5) is 4.39 Å². The number of rotatable bonds is 5. The summed E-state index contributed by atoms with van der Waals surface area (Å²) in [6.45, 7) is -0.855. The molecule has 1 unspecified atom stereocenters. The van der Waals surface area contributed by atoms with E-state index in [1.54, 1.807) is 6.07 Å². The average Bonchev–Trinajstić information content (AvgIpc) is 2.67. The second-order valence-corrected chi connectivity index (χ2v) is 6.77. The fraction of sp³-hybridized carbons (Fsp3) is 0.500. The molecule has 4 N–H and O–H groups in total. The third-order valence-corrected chi connectivity index (χ3v) is 4.82. The Kier molecular flexibility index (Phi) is 5.71. The smallest absolute Gasteiger partial charge is 0.268 e. The fourth-order valence-electron chi connectivity index (χ4n) is 3.36. The van der Waals surface area contributed by atoms with Gasteiger partial charge in [-0.2, -0.15) is 0 Å². The number of carbonyl (C=O) groups excluding carboxylic acids is 1. The van der Waals surface area contributed by atoms with E-state index in [0.717, 1.165) is 4.57 Å². The summed E-state index contributed by atoms with van der Waals surface area (Å²) in [5.41, 5.74) is -1.17. The number of carbonyl (C=O) groups is 1. The van der Waals surface area contributed by atoms with Gasteiger partial charge in [-0.15, -0.1) is 0 Å². The first-order valence-corrected chi connectivity index (χ1v) is 8.86. The Morgan fingerprint density at radius 1 is 1.37 bits per heavy atom. The number of aromatic hydroxyl groups is 1. The van der Waals surface area contributed by atoms with Crippen molar-refractivity contribution in [2.45, 2.75) is 50.5 Å². The Bertz CT molecular complexity index is 892. The van der Waals surface area contributed by atoms with Crippen LogP contribution >= 0.6 is 0 Å². The number of aliphatic hydroxyl groups is 2. The molecule has 0 bridgehead atoms. The van der Waals surface area contributed by atoms with Gasteiger partial charge in [0.25, 0.3) is 11.5 Å². The van der Waals surface area contributed by atoms with Crippen molar-refractivity contribution in [3.63, 3.8) is 0 Å². The van der Waals surface area contributed by atoms with E-state index in [1.165, 1.54) is 12.3 Å². The van der Waals surface area contributed by atoms with Crippen LogP contribution in [0.5, 0.6) is 5.75 Å². The SMILES string of the molecule is O=C(N[C@H]1CC[C@@H](F)CC1)c1c(O)c2cccnc2n(CC(O)CO)c1=O. The number of fused-ring (bicyclic) bond motifs is 1. The molecule has 2 aromatic heterocycles. The third kappa shape index (κ3) is 3.93. The number of hydrogen-bond acceptors (Lipinski definition) is 6. The van der Waals surface area contributed by atoms with Crippen molar-refractivity contribution < 1.29 is 24.5 Å². The molecule has 1 saturated carbocycles. The molecule has 0 aromatic carbocycles. The van der Waals surface area contributed by atoms with E-state index in [4.69, 9.17) is 5.11 Å². The Balaban J connectivity index is 2.01. The zero-order valence-corrected chi connectivity index (χ0v) is 14.6. The van der Waals surface area contributed by atoms with Crippen molar-refractivity contribution in [1.29, 1.82) is 0 Å². The van der Waals surface area contributed by atoms with Crippen LogP contribution in [0.15, 0.2) is 23.1 Å². The van der Waals surface area contributed by atoms with Crippen molar-refractivity contribution in [3.05, 3.63) is 34.2 Å². The summed E-state index contributed by atoms with van der Waals surface area (Å²) in [6, 6.07) is 2.78. The number of hydrogen-bond donors (Lipinski definition) is 4. The summed E-state index contributed by atoms with van der Waals surface area (Å²) in [5, 5.41) is 32.2. The number of nitrogens with one attached hydrogen (secondary N) is 1. The first kappa shape index (κ1) is 19.2. The maximum Gasteiger partial charge on any atom is 0.268 e. The zero-order valence-electron chi connectivity index (χ0n) is 14.6. The predicted molar refractivity (Wildman–Crippen MR) is 95.4 cm³/mol. The maximum atomic E-state index is 13.3. The monoisotopic (exact) mass is 379 g/mol. The second-order valence-electron chi connectivity index (χ2n) is 6.77. The van der Waals surface area contributed by atoms with E-state index in [-0.39, 0.29) is 23.6 Å². The first-order valence-electron chi connectivity index (χ1n) is 8.86. The lowest BCUT2D eigenvalue weighted by molar-refractivity contribution is 0.0807. The lowest BCUT2D eigenvalue weighted by Crippen LogP contribution is -2.41. The van der Waals surface area contributed by atoms with Gasteiger partial charge >= 0.3 is 0 Å². The number of alkyl halides is 1. The maximum absolute atomic E-state index is 13.3. The van der Waals surface area contributed by atoms with Crippen molar-refractivity contribution in [2.75, 3.05) is 6.61 Å². The molecule has 1 atom stereocenters. The molecule has 27 heavy (non-hydrogen) atoms. The minimum Gasteiger partial charge on any atom is -0.506 e. The van der Waals surface area contributed by atoms with Gasteiger partial charge in [0.1, 0.15) is 23.1 Å². The zero-order chi connectivity index (χ0) is 19.6. The van der Waals surface area contributed by atoms with Gasteiger partial charge in [-0.25, -0.2) is 9.37 Å². The Morgan fingerprint density at radius 2 is 2.07 bits per heavy atom. The van der Waals surface area contributed by atoms with Crippen molar-refractivity contribution in [3.8, 4) is 5.75 Å². The van der Waals surface area contributed by atoms with E-state index >= 15 is 0 Å². The van der Waals surface area contributed by atoms with E-state index in [2.05, 4.69) is 10.3 Å². The Morgan fingerprint density at radius 3 is 2.74 bits per heavy atom. The summed E-state index contributed by atoms with van der Waals surface area (Å²) in [6.07, 6.45) is 0.902. The molecule has 0 radical (unpaired) electrons. The predicted octanol–water partition coefficient (Wildman–Crippen LogP) is 0.466. The quantitative estimate of drug-likeness (QED) is 0.598. The average molecular weight is 379 g/mol. The molecule has 1 amide bonds. The van der Waals surface area contributed by atoms with Gasteiger partial charge in [-0.05, 0) is 37.8 Å². The molecule has 1 aliphatic carbocycles. The van der Waals surface area contributed by atoms with Crippen LogP contribution in [0.25, 0.3) is 11.0 Å². The largest absolute Gasteiger partial charge is 0.506 e. The second kappa shape index (κ2) is 8.01. The Labute approximate surface area is 154 Å². The Hall–Kier alpha value is -2.52. The first-order chi connectivity index (χ1) is 12.9. The van der Waals surface area contributed by atoms with Gasteiger partial charge in [-0.3, -0.25) is 14.2 Å². The highest BCUT2D eigenvalue weighted by atomic mass is 19.1. The normalized spacial score (nSPS) is 21.1. The van der Waals surface area contributed by atoms with Gasteiger partial charge in [0.15, 0.2) is 0 Å². The third-order valence-electron chi connectivity index (χ3n) is 4.82. The van der Waals surface area contributed by atoms with Gasteiger partial charge in [0, 0.05) is 12.2 Å². The minimum atomic E-state index is -1.23. The number of pyridine rings is 2. The fourth-order valence-corrected chi connectivity index (χ4v) is 3.36. The van der Waals surface area contributed by atoms with Crippen LogP contribution in [0.1, 0.15) is 36.0 Å². The van der Waals surface area contributed by atoms with E-state index in [1.807, 2.05) is 0 Å². The summed E-state index contributed by atoms with van der Waals surface area (Å²) in [5.74, 6) is -1.24. The summed E-state index contributed by atoms with van der Waals surface area (Å²) < 4.78 is 14.3. The highest BCUT2D eigenvalue weighted by Gasteiger charge is 2.27. The molecule has 8 nitrogen and oxygen atoms in total. The van der Waals surface area contributed by atoms with E-state index in [9.17, 15) is 24.2 Å². The minimum absolute atomic E-state index is 0.0991. The summed E-state index contributed by atoms with van der Waals surface area (Å²) >= 11 is 0. The molecular formula is C18H22FN3O5. The van der Waals surface area contributed by atoms with Crippen LogP contribution in [-0.2, 0) is 6.54 Å². The van der Waals surface area contributed by atoms with E-state index in [0.29, 0.717) is 25.7 Å². The van der Waals surface area contributed by atoms with Crippen LogP contribution in [-0.4, -0.2) is 55.7 Å². The summed E-state index contributed by atoms with van der Waals surface area (Å²) in [7, 11) is 0. The molecule has 9 heteroatoms. The van der Waals surface area contributed by atoms with Gasteiger partial charge in [0.05, 0.1) is 24.6 Å². The number of amides is 1. The van der Waals surface area contributed by atoms with Gasteiger partial charge in [0.2, 0.25) is 0 Å². The molecule has 3 rings (SSSR count). The number of nitrogens with zero attached hydrogens (tertiary/aromatic N) is 2. The number of aliphatic hydroxyl groups excluding tert-OH is 2. The number of aromatic nitrogens is 2. The molecule has 1 fully saturated rings. The van der Waals surface area contributed by atoms with Crippen LogP contribution < -0.4 is 10.9 Å². The molecule has 2 heterocycles. The lowest BCUT2D eigenvalue weighted by atomic mass is 9.94. The highest BCUT2D eigenvalue weighted by Crippen LogP contribution is 2.26. The van der Waals surface area contributed by atoms with Gasteiger partial charge in [-0.1, -0.05) is 0 Å².